The van der Waals surface area contributed by atoms with E-state index in [0.29, 0.717) is 5.33 Å². The van der Waals surface area contributed by atoms with Gasteiger partial charge in [-0.3, -0.25) is 4.79 Å². The average molecular weight is 278 g/mol. The van der Waals surface area contributed by atoms with Gasteiger partial charge in [-0.05, 0) is 25.1 Å². The Morgan fingerprint density at radius 2 is 2.13 bits per heavy atom. The molecule has 1 atom stereocenters. The zero-order valence-electron chi connectivity index (χ0n) is 8.06. The number of halogens is 3. The minimum atomic E-state index is -1.02. The van der Waals surface area contributed by atoms with Crippen LogP contribution in [0, 0.1) is 11.6 Å². The van der Waals surface area contributed by atoms with Gasteiger partial charge in [0.1, 0.15) is 0 Å². The zero-order chi connectivity index (χ0) is 11.4. The number of nitrogens with one attached hydrogen (secondary N) is 1. The molecular formula is C10H10BrF2NO. The molecule has 0 aliphatic rings. The summed E-state index contributed by atoms with van der Waals surface area (Å²) in [6.45, 7) is 1.80. The van der Waals surface area contributed by atoms with E-state index in [4.69, 9.17) is 0 Å². The fraction of sp³-hybridized carbons (Fsp3) is 0.300. The van der Waals surface area contributed by atoms with Gasteiger partial charge in [-0.1, -0.05) is 15.9 Å². The van der Waals surface area contributed by atoms with Crippen LogP contribution in [0.2, 0.25) is 0 Å². The van der Waals surface area contributed by atoms with E-state index in [-0.39, 0.29) is 11.6 Å². The van der Waals surface area contributed by atoms with E-state index in [9.17, 15) is 13.6 Å². The highest BCUT2D eigenvalue weighted by molar-refractivity contribution is 9.09. The second-order valence-electron chi connectivity index (χ2n) is 3.16. The van der Waals surface area contributed by atoms with Gasteiger partial charge in [-0.15, -0.1) is 0 Å². The van der Waals surface area contributed by atoms with Crippen LogP contribution in [-0.2, 0) is 0 Å². The van der Waals surface area contributed by atoms with Crippen molar-refractivity contribution in [3.63, 3.8) is 0 Å². The number of alkyl halides is 1. The first-order valence-corrected chi connectivity index (χ1v) is 5.48. The minimum absolute atomic E-state index is 0.0642. The zero-order valence-corrected chi connectivity index (χ0v) is 9.64. The number of carbonyl (C=O) groups is 1. The first kappa shape index (κ1) is 12.1. The molecule has 1 amide bonds. The van der Waals surface area contributed by atoms with Crippen LogP contribution in [0.15, 0.2) is 18.2 Å². The summed E-state index contributed by atoms with van der Waals surface area (Å²) >= 11 is 3.19. The van der Waals surface area contributed by atoms with E-state index in [1.807, 2.05) is 0 Å². The maximum Gasteiger partial charge on any atom is 0.251 e. The molecule has 1 unspecified atom stereocenters. The lowest BCUT2D eigenvalue weighted by molar-refractivity contribution is 0.0943. The molecule has 0 heterocycles. The number of hydrogen-bond donors (Lipinski definition) is 1. The van der Waals surface area contributed by atoms with Gasteiger partial charge in [-0.25, -0.2) is 8.78 Å². The Balaban J connectivity index is 2.78. The fourth-order valence-electron chi connectivity index (χ4n) is 0.983. The van der Waals surface area contributed by atoms with Gasteiger partial charge in [0.2, 0.25) is 0 Å². The molecule has 0 saturated heterocycles. The summed E-state index contributed by atoms with van der Waals surface area (Å²) in [5.74, 6) is -2.39. The molecule has 0 aliphatic carbocycles. The van der Waals surface area contributed by atoms with Crippen LogP contribution in [0.3, 0.4) is 0 Å². The van der Waals surface area contributed by atoms with Crippen molar-refractivity contribution in [3.8, 4) is 0 Å². The predicted octanol–water partition coefficient (Wildman–Crippen LogP) is 2.48. The van der Waals surface area contributed by atoms with Gasteiger partial charge in [-0.2, -0.15) is 0 Å². The standard InChI is InChI=1S/C10H10BrF2NO/c1-6(5-11)14-10(15)7-2-3-8(12)9(13)4-7/h2-4,6H,5H2,1H3,(H,14,15). The van der Waals surface area contributed by atoms with E-state index in [2.05, 4.69) is 21.2 Å². The van der Waals surface area contributed by atoms with Crippen molar-refractivity contribution < 1.29 is 13.6 Å². The Labute approximate surface area is 94.8 Å². The summed E-state index contributed by atoms with van der Waals surface area (Å²) in [7, 11) is 0. The fourth-order valence-corrected chi connectivity index (χ4v) is 1.14. The van der Waals surface area contributed by atoms with Gasteiger partial charge in [0.15, 0.2) is 11.6 Å². The van der Waals surface area contributed by atoms with E-state index >= 15 is 0 Å². The summed E-state index contributed by atoms with van der Waals surface area (Å²) in [6, 6.07) is 2.99. The molecule has 0 bridgehead atoms. The van der Waals surface area contributed by atoms with Crippen LogP contribution in [0.4, 0.5) is 8.78 Å². The van der Waals surface area contributed by atoms with Gasteiger partial charge < -0.3 is 5.32 Å². The third kappa shape index (κ3) is 3.27. The highest BCUT2D eigenvalue weighted by Crippen LogP contribution is 2.08. The molecule has 0 radical (unpaired) electrons. The van der Waals surface area contributed by atoms with E-state index in [0.717, 1.165) is 12.1 Å². The molecule has 0 saturated carbocycles. The molecule has 1 rings (SSSR count). The maximum absolute atomic E-state index is 12.8. The molecule has 0 fully saturated rings. The van der Waals surface area contributed by atoms with Crippen LogP contribution in [0.5, 0.6) is 0 Å². The van der Waals surface area contributed by atoms with Crippen molar-refractivity contribution in [2.45, 2.75) is 13.0 Å². The van der Waals surface area contributed by atoms with E-state index in [1.54, 1.807) is 6.92 Å². The lowest BCUT2D eigenvalue weighted by Gasteiger charge is -2.10. The number of hydrogen-bond acceptors (Lipinski definition) is 1. The second kappa shape index (κ2) is 5.21. The number of carbonyl (C=O) groups excluding carboxylic acids is 1. The third-order valence-corrected chi connectivity index (χ3v) is 2.76. The van der Waals surface area contributed by atoms with Crippen LogP contribution in [-0.4, -0.2) is 17.3 Å². The van der Waals surface area contributed by atoms with Crippen molar-refractivity contribution in [2.24, 2.45) is 0 Å². The van der Waals surface area contributed by atoms with Crippen molar-refractivity contribution in [3.05, 3.63) is 35.4 Å². The van der Waals surface area contributed by atoms with Crippen molar-refractivity contribution in [1.29, 1.82) is 0 Å². The van der Waals surface area contributed by atoms with Crippen molar-refractivity contribution in [1.82, 2.24) is 5.32 Å². The molecule has 82 valence electrons. The molecule has 1 N–H and O–H groups in total. The monoisotopic (exact) mass is 277 g/mol. The van der Waals surface area contributed by atoms with E-state index in [1.165, 1.54) is 6.07 Å². The molecular weight excluding hydrogens is 268 g/mol. The summed E-state index contributed by atoms with van der Waals surface area (Å²) in [5, 5.41) is 3.22. The lowest BCUT2D eigenvalue weighted by atomic mass is 10.2. The Bertz CT molecular complexity index is 370. The Kier molecular flexibility index (Phi) is 4.20. The van der Waals surface area contributed by atoms with Gasteiger partial charge >= 0.3 is 0 Å². The van der Waals surface area contributed by atoms with Crippen LogP contribution in [0.1, 0.15) is 17.3 Å². The Hall–Kier alpha value is -0.970. The molecule has 1 aromatic rings. The normalized spacial score (nSPS) is 12.3. The largest absolute Gasteiger partial charge is 0.349 e. The highest BCUT2D eigenvalue weighted by Gasteiger charge is 2.11. The maximum atomic E-state index is 12.8. The molecule has 5 heteroatoms. The lowest BCUT2D eigenvalue weighted by Crippen LogP contribution is -2.33. The molecule has 2 nitrogen and oxygen atoms in total. The highest BCUT2D eigenvalue weighted by atomic mass is 79.9. The summed E-state index contributed by atoms with van der Waals surface area (Å²) in [4.78, 5) is 11.5. The summed E-state index contributed by atoms with van der Waals surface area (Å²) in [6.07, 6.45) is 0. The van der Waals surface area contributed by atoms with Gasteiger partial charge in [0, 0.05) is 16.9 Å². The smallest absolute Gasteiger partial charge is 0.251 e. The second-order valence-corrected chi connectivity index (χ2v) is 3.81. The molecule has 0 aromatic heterocycles. The quantitative estimate of drug-likeness (QED) is 0.845. The van der Waals surface area contributed by atoms with Crippen LogP contribution in [0.25, 0.3) is 0 Å². The molecule has 1 aromatic carbocycles. The van der Waals surface area contributed by atoms with Crippen molar-refractivity contribution >= 4 is 21.8 Å². The van der Waals surface area contributed by atoms with E-state index < -0.39 is 17.5 Å². The van der Waals surface area contributed by atoms with Crippen molar-refractivity contribution in [2.75, 3.05) is 5.33 Å². The summed E-state index contributed by atoms with van der Waals surface area (Å²) in [5.41, 5.74) is 0.113. The summed E-state index contributed by atoms with van der Waals surface area (Å²) < 4.78 is 25.4. The predicted molar refractivity (Wildman–Crippen MR) is 57.1 cm³/mol. The number of amides is 1. The Morgan fingerprint density at radius 3 is 2.67 bits per heavy atom. The van der Waals surface area contributed by atoms with Crippen LogP contribution < -0.4 is 5.32 Å². The average Bonchev–Trinajstić information content (AvgIpc) is 2.21. The minimum Gasteiger partial charge on any atom is -0.349 e. The molecule has 15 heavy (non-hydrogen) atoms. The Morgan fingerprint density at radius 1 is 1.47 bits per heavy atom. The van der Waals surface area contributed by atoms with Crippen LogP contribution >= 0.6 is 15.9 Å². The third-order valence-electron chi connectivity index (χ3n) is 1.79. The first-order valence-electron chi connectivity index (χ1n) is 4.36. The first-order chi connectivity index (χ1) is 7.04. The topological polar surface area (TPSA) is 29.1 Å². The molecule has 0 aliphatic heterocycles. The molecule has 0 spiro atoms. The SMILES string of the molecule is CC(CBr)NC(=O)c1ccc(F)c(F)c1. The number of rotatable bonds is 3. The van der Waals surface area contributed by atoms with Gasteiger partial charge in [0.05, 0.1) is 0 Å². The number of benzene rings is 1. The van der Waals surface area contributed by atoms with Gasteiger partial charge in [0.25, 0.3) is 5.91 Å².